The number of carbonyl (C=O) groups is 1. The smallest absolute Gasteiger partial charge is 0.252 e. The van der Waals surface area contributed by atoms with E-state index in [9.17, 15) is 13.2 Å². The van der Waals surface area contributed by atoms with Crippen molar-refractivity contribution in [2.24, 2.45) is 4.99 Å². The Hall–Kier alpha value is -1.25. The molecule has 2 fully saturated rings. The second-order valence-corrected chi connectivity index (χ2v) is 11.5. The second-order valence-electron chi connectivity index (χ2n) is 6.86. The van der Waals surface area contributed by atoms with E-state index in [-0.39, 0.29) is 35.1 Å². The monoisotopic (exact) mass is 488 g/mol. The lowest BCUT2D eigenvalue weighted by Crippen LogP contribution is -2.38. The third-order valence-corrected chi connectivity index (χ3v) is 8.72. The predicted molar refractivity (Wildman–Crippen MR) is 120 cm³/mol. The van der Waals surface area contributed by atoms with Gasteiger partial charge in [0.05, 0.1) is 34.7 Å². The van der Waals surface area contributed by atoms with Gasteiger partial charge in [-0.25, -0.2) is 8.42 Å². The molecule has 0 unspecified atom stereocenters. The average molecular weight is 490 g/mol. The molecule has 0 N–H and O–H groups in total. The number of carbonyl (C=O) groups excluding carboxylic acids is 1. The van der Waals surface area contributed by atoms with Gasteiger partial charge in [-0.05, 0) is 35.9 Å². The Labute approximate surface area is 188 Å². The van der Waals surface area contributed by atoms with E-state index in [2.05, 4.69) is 4.99 Å². The van der Waals surface area contributed by atoms with Gasteiger partial charge in [0.1, 0.15) is 0 Å². The molecule has 0 aliphatic carbocycles. The lowest BCUT2D eigenvalue weighted by Gasteiger charge is -2.25. The molecule has 152 valence electrons. The first-order chi connectivity index (χ1) is 13.7. The van der Waals surface area contributed by atoms with Crippen molar-refractivity contribution in [2.75, 3.05) is 16.4 Å². The molecule has 29 heavy (non-hydrogen) atoms. The molecule has 1 amide bonds. The van der Waals surface area contributed by atoms with Crippen molar-refractivity contribution in [3.8, 4) is 0 Å². The van der Waals surface area contributed by atoms with Gasteiger partial charge in [0.15, 0.2) is 15.0 Å². The number of sulfone groups is 1. The standard InChI is InChI=1S/C19H15Cl3N2O3S2/c20-12-3-1-11(2-4-12)7-18(25)23-19-24(15-6-5-13(21)8-14(15)22)16-9-29(26,27)10-17(16)28-19/h1-6,8,16-17H,7,9-10H2/t16-,17+/m1/s1. The van der Waals surface area contributed by atoms with Crippen molar-refractivity contribution in [2.45, 2.75) is 17.7 Å². The molecule has 2 saturated heterocycles. The first kappa shape index (κ1) is 21.0. The minimum atomic E-state index is -3.16. The third-order valence-electron chi connectivity index (χ3n) is 4.72. The van der Waals surface area contributed by atoms with Gasteiger partial charge in [-0.1, -0.05) is 58.7 Å². The molecular formula is C19H15Cl3N2O3S2. The van der Waals surface area contributed by atoms with Gasteiger partial charge in [0, 0.05) is 15.3 Å². The maximum absolute atomic E-state index is 12.6. The molecule has 2 heterocycles. The lowest BCUT2D eigenvalue weighted by molar-refractivity contribution is -0.117. The molecule has 2 aromatic carbocycles. The summed E-state index contributed by atoms with van der Waals surface area (Å²) < 4.78 is 24.3. The molecule has 0 aromatic heterocycles. The van der Waals surface area contributed by atoms with Crippen molar-refractivity contribution in [1.82, 2.24) is 0 Å². The van der Waals surface area contributed by atoms with Crippen LogP contribution < -0.4 is 4.90 Å². The number of thioether (sulfide) groups is 1. The van der Waals surface area contributed by atoms with Crippen LogP contribution in [0.25, 0.3) is 0 Å². The van der Waals surface area contributed by atoms with E-state index >= 15 is 0 Å². The number of amides is 1. The number of amidine groups is 1. The van der Waals surface area contributed by atoms with Gasteiger partial charge in [-0.2, -0.15) is 4.99 Å². The Morgan fingerprint density at radius 3 is 2.45 bits per heavy atom. The highest BCUT2D eigenvalue weighted by Gasteiger charge is 2.49. The van der Waals surface area contributed by atoms with E-state index in [4.69, 9.17) is 34.8 Å². The number of hydrogen-bond acceptors (Lipinski definition) is 4. The van der Waals surface area contributed by atoms with Crippen molar-refractivity contribution in [1.29, 1.82) is 0 Å². The van der Waals surface area contributed by atoms with Crippen molar-refractivity contribution in [3.05, 3.63) is 63.1 Å². The molecule has 0 bridgehead atoms. The highest BCUT2D eigenvalue weighted by Crippen LogP contribution is 2.43. The summed E-state index contributed by atoms with van der Waals surface area (Å²) in [6, 6.07) is 11.6. The van der Waals surface area contributed by atoms with Gasteiger partial charge in [0.2, 0.25) is 0 Å². The van der Waals surface area contributed by atoms with Gasteiger partial charge in [-0.15, -0.1) is 0 Å². The number of hydrogen-bond donors (Lipinski definition) is 0. The Morgan fingerprint density at radius 1 is 1.07 bits per heavy atom. The van der Waals surface area contributed by atoms with E-state index < -0.39 is 9.84 Å². The lowest BCUT2D eigenvalue weighted by atomic mass is 10.1. The van der Waals surface area contributed by atoms with E-state index in [1.165, 1.54) is 11.8 Å². The van der Waals surface area contributed by atoms with E-state index in [1.807, 2.05) is 0 Å². The molecule has 5 nitrogen and oxygen atoms in total. The summed E-state index contributed by atoms with van der Waals surface area (Å²) in [5, 5.41) is 1.70. The highest BCUT2D eigenvalue weighted by molar-refractivity contribution is 8.16. The fourth-order valence-electron chi connectivity index (χ4n) is 3.45. The zero-order chi connectivity index (χ0) is 20.8. The summed E-state index contributed by atoms with van der Waals surface area (Å²) in [7, 11) is -3.16. The summed E-state index contributed by atoms with van der Waals surface area (Å²) in [5.41, 5.74) is 1.39. The van der Waals surface area contributed by atoms with Gasteiger partial charge < -0.3 is 4.90 Å². The third kappa shape index (κ3) is 4.59. The summed E-state index contributed by atoms with van der Waals surface area (Å²) in [4.78, 5) is 18.6. The van der Waals surface area contributed by atoms with E-state index in [0.29, 0.717) is 25.9 Å². The molecule has 0 radical (unpaired) electrons. The fourth-order valence-corrected chi connectivity index (χ4v) is 8.00. The van der Waals surface area contributed by atoms with E-state index in [0.717, 1.165) is 5.56 Å². The number of benzene rings is 2. The maximum Gasteiger partial charge on any atom is 0.252 e. The molecule has 2 aliphatic heterocycles. The minimum absolute atomic E-state index is 0.00594. The second kappa shape index (κ2) is 8.12. The average Bonchev–Trinajstić information content (AvgIpc) is 3.08. The summed E-state index contributed by atoms with van der Waals surface area (Å²) >= 11 is 19.6. The van der Waals surface area contributed by atoms with Crippen molar-refractivity contribution in [3.63, 3.8) is 0 Å². The number of halogens is 3. The molecule has 4 rings (SSSR count). The quantitative estimate of drug-likeness (QED) is 0.635. The van der Waals surface area contributed by atoms with Crippen LogP contribution in [0, 0.1) is 0 Å². The van der Waals surface area contributed by atoms with Gasteiger partial charge in [0.25, 0.3) is 5.91 Å². The fraction of sp³-hybridized carbons (Fsp3) is 0.263. The molecule has 0 spiro atoms. The molecule has 2 aliphatic rings. The summed E-state index contributed by atoms with van der Waals surface area (Å²) in [6.45, 7) is 0. The minimum Gasteiger partial charge on any atom is -0.314 e. The Bertz CT molecular complexity index is 1100. The Morgan fingerprint density at radius 2 is 1.76 bits per heavy atom. The molecule has 2 atom stereocenters. The SMILES string of the molecule is O=C(Cc1ccc(Cl)cc1)N=C1S[C@H]2CS(=O)(=O)C[C@H]2N1c1ccc(Cl)cc1Cl. The zero-order valence-corrected chi connectivity index (χ0v) is 18.8. The summed E-state index contributed by atoms with van der Waals surface area (Å²) in [6.07, 6.45) is 0.122. The van der Waals surface area contributed by atoms with Gasteiger partial charge >= 0.3 is 0 Å². The first-order valence-electron chi connectivity index (χ1n) is 8.69. The zero-order valence-electron chi connectivity index (χ0n) is 14.9. The Kier molecular flexibility index (Phi) is 5.88. The molecule has 2 aromatic rings. The van der Waals surface area contributed by atoms with Crippen LogP contribution in [-0.4, -0.2) is 42.3 Å². The van der Waals surface area contributed by atoms with Gasteiger partial charge in [-0.3, -0.25) is 4.79 Å². The number of aliphatic imine (C=N–C) groups is 1. The van der Waals surface area contributed by atoms with Crippen LogP contribution >= 0.6 is 46.6 Å². The highest BCUT2D eigenvalue weighted by atomic mass is 35.5. The number of rotatable bonds is 3. The first-order valence-corrected chi connectivity index (χ1v) is 12.5. The topological polar surface area (TPSA) is 66.8 Å². The van der Waals surface area contributed by atoms with Crippen LogP contribution in [0.4, 0.5) is 5.69 Å². The molecule has 0 saturated carbocycles. The van der Waals surface area contributed by atoms with Crippen LogP contribution in [-0.2, 0) is 21.1 Å². The van der Waals surface area contributed by atoms with Crippen LogP contribution in [0.5, 0.6) is 0 Å². The van der Waals surface area contributed by atoms with Crippen molar-refractivity contribution < 1.29 is 13.2 Å². The predicted octanol–water partition coefficient (Wildman–Crippen LogP) is 4.49. The largest absolute Gasteiger partial charge is 0.314 e. The summed E-state index contributed by atoms with van der Waals surface area (Å²) in [5.74, 6) is -0.282. The van der Waals surface area contributed by atoms with Crippen LogP contribution in [0.15, 0.2) is 47.5 Å². The van der Waals surface area contributed by atoms with Crippen LogP contribution in [0.3, 0.4) is 0 Å². The van der Waals surface area contributed by atoms with E-state index in [1.54, 1.807) is 47.4 Å². The number of fused-ring (bicyclic) bond motifs is 1. The Balaban J connectivity index is 1.66. The number of anilines is 1. The number of nitrogens with zero attached hydrogens (tertiary/aromatic N) is 2. The normalized spacial score (nSPS) is 24.1. The van der Waals surface area contributed by atoms with Crippen LogP contribution in [0.2, 0.25) is 15.1 Å². The van der Waals surface area contributed by atoms with Crippen LogP contribution in [0.1, 0.15) is 5.56 Å². The molecular weight excluding hydrogens is 475 g/mol. The maximum atomic E-state index is 12.6. The molecule has 10 heteroatoms. The van der Waals surface area contributed by atoms with Crippen molar-refractivity contribution >= 4 is 73.2 Å².